The molecule has 1 aliphatic rings. The van der Waals surface area contributed by atoms with Crippen LogP contribution in [-0.2, 0) is 12.8 Å². The molecule has 17 heavy (non-hydrogen) atoms. The summed E-state index contributed by atoms with van der Waals surface area (Å²) in [5.41, 5.74) is 4.27. The molecule has 0 amide bonds. The highest BCUT2D eigenvalue weighted by Gasteiger charge is 2.22. The van der Waals surface area contributed by atoms with Crippen LogP contribution in [0.2, 0.25) is 0 Å². The van der Waals surface area contributed by atoms with Crippen LogP contribution in [0.25, 0.3) is 0 Å². The Balaban J connectivity index is 2.40. The standard InChI is InChI=1S/C15H19NO/c1-4-11-5-6-12-7-8-13(10-16(2)3)15(17)14(12)9-11/h5-6,9-10H,4,7-8H2,1-3H3. The number of fused-ring (bicyclic) bond motifs is 1. The van der Waals surface area contributed by atoms with E-state index in [9.17, 15) is 4.79 Å². The minimum absolute atomic E-state index is 0.204. The molecular formula is C15H19NO. The van der Waals surface area contributed by atoms with Crippen LogP contribution < -0.4 is 0 Å². The molecular weight excluding hydrogens is 210 g/mol. The van der Waals surface area contributed by atoms with Crippen LogP contribution in [0.3, 0.4) is 0 Å². The number of ketones is 1. The summed E-state index contributed by atoms with van der Waals surface area (Å²) in [7, 11) is 3.91. The van der Waals surface area contributed by atoms with Crippen molar-refractivity contribution in [2.45, 2.75) is 26.2 Å². The zero-order valence-electron chi connectivity index (χ0n) is 10.8. The number of aryl methyl sites for hydroxylation is 2. The van der Waals surface area contributed by atoms with Crippen molar-refractivity contribution in [3.05, 3.63) is 46.7 Å². The number of carbonyl (C=O) groups is 1. The van der Waals surface area contributed by atoms with Crippen LogP contribution in [0.5, 0.6) is 0 Å². The Morgan fingerprint density at radius 1 is 1.29 bits per heavy atom. The molecule has 90 valence electrons. The van der Waals surface area contributed by atoms with Crippen molar-refractivity contribution >= 4 is 5.78 Å². The molecule has 1 aromatic rings. The van der Waals surface area contributed by atoms with Crippen molar-refractivity contribution < 1.29 is 4.79 Å². The number of Topliss-reactive ketones (excluding diaryl/α,β-unsaturated/α-hetero) is 1. The number of hydrogen-bond donors (Lipinski definition) is 0. The Kier molecular flexibility index (Phi) is 3.32. The molecule has 1 aromatic carbocycles. The van der Waals surface area contributed by atoms with Gasteiger partial charge in [-0.05, 0) is 36.5 Å². The third-order valence-electron chi connectivity index (χ3n) is 3.20. The number of hydrogen-bond acceptors (Lipinski definition) is 2. The Morgan fingerprint density at radius 2 is 2.06 bits per heavy atom. The molecule has 0 heterocycles. The minimum Gasteiger partial charge on any atom is -0.383 e. The average molecular weight is 229 g/mol. The normalized spacial score (nSPS) is 17.1. The first-order chi connectivity index (χ1) is 8.11. The summed E-state index contributed by atoms with van der Waals surface area (Å²) in [6.07, 6.45) is 4.76. The number of carbonyl (C=O) groups excluding carboxylic acids is 1. The van der Waals surface area contributed by atoms with Gasteiger partial charge in [0.15, 0.2) is 5.78 Å². The molecule has 2 nitrogen and oxygen atoms in total. The van der Waals surface area contributed by atoms with Gasteiger partial charge in [0.1, 0.15) is 0 Å². The lowest BCUT2D eigenvalue weighted by Gasteiger charge is -2.19. The van der Waals surface area contributed by atoms with E-state index in [4.69, 9.17) is 0 Å². The second kappa shape index (κ2) is 4.74. The van der Waals surface area contributed by atoms with Gasteiger partial charge in [0, 0.05) is 31.4 Å². The fourth-order valence-corrected chi connectivity index (χ4v) is 2.26. The molecule has 0 saturated carbocycles. The van der Waals surface area contributed by atoms with Crippen LogP contribution in [0, 0.1) is 0 Å². The van der Waals surface area contributed by atoms with E-state index in [2.05, 4.69) is 25.1 Å². The Hall–Kier alpha value is -1.57. The van der Waals surface area contributed by atoms with Crippen molar-refractivity contribution in [2.24, 2.45) is 0 Å². The molecule has 0 aromatic heterocycles. The van der Waals surface area contributed by atoms with Crippen LogP contribution in [0.4, 0.5) is 0 Å². The molecule has 0 unspecified atom stereocenters. The number of rotatable bonds is 2. The van der Waals surface area contributed by atoms with Crippen molar-refractivity contribution in [1.29, 1.82) is 0 Å². The van der Waals surface area contributed by atoms with Gasteiger partial charge in [0.2, 0.25) is 0 Å². The Labute approximate surface area is 103 Å². The van der Waals surface area contributed by atoms with Gasteiger partial charge in [-0.2, -0.15) is 0 Å². The predicted octanol–water partition coefficient (Wildman–Crippen LogP) is 2.82. The summed E-state index contributed by atoms with van der Waals surface area (Å²) >= 11 is 0. The lowest BCUT2D eigenvalue weighted by atomic mass is 9.86. The van der Waals surface area contributed by atoms with E-state index >= 15 is 0 Å². The first-order valence-electron chi connectivity index (χ1n) is 6.15. The Bertz CT molecular complexity index is 472. The fourth-order valence-electron chi connectivity index (χ4n) is 2.26. The van der Waals surface area contributed by atoms with E-state index in [1.165, 1.54) is 11.1 Å². The van der Waals surface area contributed by atoms with E-state index in [-0.39, 0.29) is 5.78 Å². The topological polar surface area (TPSA) is 20.3 Å². The minimum atomic E-state index is 0.204. The summed E-state index contributed by atoms with van der Waals surface area (Å²) in [5.74, 6) is 0.204. The van der Waals surface area contributed by atoms with Crippen molar-refractivity contribution in [1.82, 2.24) is 4.90 Å². The molecule has 0 N–H and O–H groups in total. The van der Waals surface area contributed by atoms with E-state index in [1.807, 2.05) is 25.2 Å². The fraction of sp³-hybridized carbons (Fsp3) is 0.400. The number of allylic oxidation sites excluding steroid dienone is 1. The zero-order chi connectivity index (χ0) is 12.4. The average Bonchev–Trinajstić information content (AvgIpc) is 2.32. The molecule has 0 saturated heterocycles. The molecule has 0 radical (unpaired) electrons. The van der Waals surface area contributed by atoms with E-state index in [1.54, 1.807) is 0 Å². The third kappa shape index (κ3) is 2.41. The first-order valence-corrected chi connectivity index (χ1v) is 6.15. The molecule has 1 aliphatic carbocycles. The quantitative estimate of drug-likeness (QED) is 0.727. The lowest BCUT2D eigenvalue weighted by Crippen LogP contribution is -2.17. The highest BCUT2D eigenvalue weighted by Crippen LogP contribution is 2.26. The monoisotopic (exact) mass is 229 g/mol. The molecule has 0 spiro atoms. The molecule has 0 bridgehead atoms. The summed E-state index contributed by atoms with van der Waals surface area (Å²) in [5, 5.41) is 0. The highest BCUT2D eigenvalue weighted by atomic mass is 16.1. The highest BCUT2D eigenvalue weighted by molar-refractivity contribution is 6.10. The predicted molar refractivity (Wildman–Crippen MR) is 70.2 cm³/mol. The maximum atomic E-state index is 12.3. The van der Waals surface area contributed by atoms with Gasteiger partial charge >= 0.3 is 0 Å². The second-order valence-corrected chi connectivity index (χ2v) is 4.79. The van der Waals surface area contributed by atoms with Gasteiger partial charge in [-0.1, -0.05) is 19.1 Å². The van der Waals surface area contributed by atoms with Gasteiger partial charge < -0.3 is 4.90 Å². The molecule has 0 aliphatic heterocycles. The largest absolute Gasteiger partial charge is 0.383 e. The van der Waals surface area contributed by atoms with Crippen LogP contribution in [0.1, 0.15) is 34.8 Å². The summed E-state index contributed by atoms with van der Waals surface area (Å²) in [6, 6.07) is 6.30. The van der Waals surface area contributed by atoms with Gasteiger partial charge in [0.05, 0.1) is 0 Å². The van der Waals surface area contributed by atoms with Gasteiger partial charge in [-0.3, -0.25) is 4.79 Å². The molecule has 0 atom stereocenters. The molecule has 2 heteroatoms. The smallest absolute Gasteiger partial charge is 0.190 e. The van der Waals surface area contributed by atoms with Crippen molar-refractivity contribution in [3.63, 3.8) is 0 Å². The molecule has 0 fully saturated rings. The molecule has 2 rings (SSSR count). The van der Waals surface area contributed by atoms with E-state index in [0.717, 1.165) is 30.4 Å². The summed E-state index contributed by atoms with van der Waals surface area (Å²) in [4.78, 5) is 14.3. The first kappa shape index (κ1) is 11.9. The van der Waals surface area contributed by atoms with E-state index in [0.29, 0.717) is 0 Å². The summed E-state index contributed by atoms with van der Waals surface area (Å²) < 4.78 is 0. The lowest BCUT2D eigenvalue weighted by molar-refractivity contribution is 0.102. The summed E-state index contributed by atoms with van der Waals surface area (Å²) in [6.45, 7) is 2.12. The van der Waals surface area contributed by atoms with Gasteiger partial charge in [0.25, 0.3) is 0 Å². The maximum absolute atomic E-state index is 12.3. The van der Waals surface area contributed by atoms with Gasteiger partial charge in [-0.15, -0.1) is 0 Å². The van der Waals surface area contributed by atoms with Crippen LogP contribution in [-0.4, -0.2) is 24.8 Å². The SMILES string of the molecule is CCc1ccc2c(c1)C(=O)C(=CN(C)C)CC2. The van der Waals surface area contributed by atoms with Crippen LogP contribution >= 0.6 is 0 Å². The van der Waals surface area contributed by atoms with Gasteiger partial charge in [-0.25, -0.2) is 0 Å². The zero-order valence-corrected chi connectivity index (χ0v) is 10.8. The van der Waals surface area contributed by atoms with Crippen molar-refractivity contribution in [2.75, 3.05) is 14.1 Å². The Morgan fingerprint density at radius 3 is 2.71 bits per heavy atom. The second-order valence-electron chi connectivity index (χ2n) is 4.79. The number of benzene rings is 1. The third-order valence-corrected chi connectivity index (χ3v) is 3.20. The maximum Gasteiger partial charge on any atom is 0.190 e. The van der Waals surface area contributed by atoms with Crippen LogP contribution in [0.15, 0.2) is 30.0 Å². The van der Waals surface area contributed by atoms with E-state index < -0.39 is 0 Å². The number of nitrogens with zero attached hydrogens (tertiary/aromatic N) is 1. The van der Waals surface area contributed by atoms with Crippen molar-refractivity contribution in [3.8, 4) is 0 Å².